The van der Waals surface area contributed by atoms with Crippen LogP contribution in [0.5, 0.6) is 0 Å². The van der Waals surface area contributed by atoms with Gasteiger partial charge in [-0.15, -0.1) is 0 Å². The van der Waals surface area contributed by atoms with Gasteiger partial charge in [0.25, 0.3) is 0 Å². The minimum Gasteiger partial charge on any atom is -0.480 e. The van der Waals surface area contributed by atoms with E-state index in [4.69, 9.17) is 14.6 Å². The van der Waals surface area contributed by atoms with E-state index >= 15 is 0 Å². The smallest absolute Gasteiger partial charge is 0.407 e. The molecular weight excluding hydrogens is 360 g/mol. The van der Waals surface area contributed by atoms with Gasteiger partial charge in [-0.2, -0.15) is 0 Å². The molecular formula is C21H22N2O5. The van der Waals surface area contributed by atoms with Crippen molar-refractivity contribution in [3.63, 3.8) is 0 Å². The summed E-state index contributed by atoms with van der Waals surface area (Å²) >= 11 is 0. The van der Waals surface area contributed by atoms with E-state index in [2.05, 4.69) is 41.5 Å². The molecule has 28 heavy (non-hydrogen) atoms. The fourth-order valence-corrected chi connectivity index (χ4v) is 3.18. The molecule has 0 saturated heterocycles. The highest BCUT2D eigenvalue weighted by molar-refractivity contribution is 5.79. The predicted octanol–water partition coefficient (Wildman–Crippen LogP) is 2.69. The third-order valence-corrected chi connectivity index (χ3v) is 4.44. The Hall–Kier alpha value is -3.32. The molecule has 0 spiro atoms. The lowest BCUT2D eigenvalue weighted by Gasteiger charge is -2.15. The molecule has 1 amide bonds. The number of aliphatic carboxylic acids is 1. The third-order valence-electron chi connectivity index (χ3n) is 4.44. The zero-order valence-corrected chi connectivity index (χ0v) is 15.3. The lowest BCUT2D eigenvalue weighted by Crippen LogP contribution is -2.32. The fourth-order valence-electron chi connectivity index (χ4n) is 3.18. The summed E-state index contributed by atoms with van der Waals surface area (Å²) in [5.41, 5.74) is 5.13. The molecule has 1 aliphatic rings. The molecule has 3 rings (SSSR count). The molecule has 7 heteroatoms. The molecule has 0 unspecified atom stereocenters. The van der Waals surface area contributed by atoms with Crippen molar-refractivity contribution in [3.8, 4) is 11.1 Å². The monoisotopic (exact) mass is 382 g/mol. The number of carbonyl (C=O) groups is 2. The summed E-state index contributed by atoms with van der Waals surface area (Å²) in [5, 5.41) is 13.9. The lowest BCUT2D eigenvalue weighted by molar-refractivity contribution is -0.142. The van der Waals surface area contributed by atoms with Gasteiger partial charge in [0.1, 0.15) is 19.9 Å². The number of alkyl carbamates (subject to hydrolysis) is 1. The number of ether oxygens (including phenoxy) is 2. The standard InChI is InChI=1S/C21H22N2O5/c1-14(23-13-27-12-20(24)25)10-22-21(26)28-11-19-17-8-4-2-6-15(17)16-7-3-5-9-18(16)19/h2-9,19,23H,1,10-13H2,(H,22,26)(H,24,25). The number of benzene rings is 2. The van der Waals surface area contributed by atoms with Gasteiger partial charge in [0, 0.05) is 11.6 Å². The van der Waals surface area contributed by atoms with E-state index in [1.807, 2.05) is 24.3 Å². The molecule has 1 aliphatic carbocycles. The first-order valence-corrected chi connectivity index (χ1v) is 8.86. The Morgan fingerprint density at radius 1 is 1.00 bits per heavy atom. The SMILES string of the molecule is C=C(CNC(=O)OCC1c2ccccc2-c2ccccc21)NCOCC(=O)O. The van der Waals surface area contributed by atoms with E-state index in [-0.39, 0.29) is 25.8 Å². The van der Waals surface area contributed by atoms with Crippen LogP contribution in [-0.4, -0.2) is 43.7 Å². The van der Waals surface area contributed by atoms with Crippen molar-refractivity contribution in [3.05, 3.63) is 71.9 Å². The van der Waals surface area contributed by atoms with Gasteiger partial charge in [-0.1, -0.05) is 55.1 Å². The van der Waals surface area contributed by atoms with Crippen molar-refractivity contribution in [2.24, 2.45) is 0 Å². The molecule has 0 saturated carbocycles. The van der Waals surface area contributed by atoms with Crippen molar-refractivity contribution in [2.45, 2.75) is 5.92 Å². The number of rotatable bonds is 9. The number of hydrogen-bond donors (Lipinski definition) is 3. The molecule has 0 radical (unpaired) electrons. The van der Waals surface area contributed by atoms with E-state index in [9.17, 15) is 9.59 Å². The van der Waals surface area contributed by atoms with Gasteiger partial charge in [0.2, 0.25) is 0 Å². The number of nitrogens with one attached hydrogen (secondary N) is 2. The van der Waals surface area contributed by atoms with Gasteiger partial charge in [-0.25, -0.2) is 9.59 Å². The number of amides is 1. The first-order valence-electron chi connectivity index (χ1n) is 8.86. The van der Waals surface area contributed by atoms with Gasteiger partial charge in [0.05, 0.1) is 6.54 Å². The highest BCUT2D eigenvalue weighted by Crippen LogP contribution is 2.44. The van der Waals surface area contributed by atoms with E-state index in [0.29, 0.717) is 5.70 Å². The topological polar surface area (TPSA) is 96.9 Å². The van der Waals surface area contributed by atoms with E-state index in [0.717, 1.165) is 11.1 Å². The molecule has 0 aliphatic heterocycles. The summed E-state index contributed by atoms with van der Waals surface area (Å²) < 4.78 is 10.3. The summed E-state index contributed by atoms with van der Waals surface area (Å²) in [5.74, 6) is -1.05. The molecule has 3 N–H and O–H groups in total. The van der Waals surface area contributed by atoms with Crippen LogP contribution in [0.25, 0.3) is 11.1 Å². The van der Waals surface area contributed by atoms with Gasteiger partial charge >= 0.3 is 12.1 Å². The van der Waals surface area contributed by atoms with Gasteiger partial charge in [-0.3, -0.25) is 0 Å². The maximum absolute atomic E-state index is 12.0. The van der Waals surface area contributed by atoms with E-state index in [1.54, 1.807) is 0 Å². The van der Waals surface area contributed by atoms with Crippen molar-refractivity contribution in [2.75, 3.05) is 26.5 Å². The molecule has 2 aromatic rings. The van der Waals surface area contributed by atoms with E-state index < -0.39 is 18.7 Å². The lowest BCUT2D eigenvalue weighted by atomic mass is 9.98. The van der Waals surface area contributed by atoms with Gasteiger partial charge in [0.15, 0.2) is 0 Å². The number of carbonyl (C=O) groups excluding carboxylic acids is 1. The Morgan fingerprint density at radius 2 is 1.61 bits per heavy atom. The number of carboxylic acids is 1. The zero-order chi connectivity index (χ0) is 19.9. The highest BCUT2D eigenvalue weighted by Gasteiger charge is 2.28. The summed E-state index contributed by atoms with van der Waals surface area (Å²) in [6.07, 6.45) is -0.545. The number of carboxylic acid groups (broad SMARTS) is 1. The van der Waals surface area contributed by atoms with Crippen LogP contribution in [0.3, 0.4) is 0 Å². The second-order valence-electron chi connectivity index (χ2n) is 6.35. The Labute approximate surface area is 163 Å². The quantitative estimate of drug-likeness (QED) is 0.456. The van der Waals surface area contributed by atoms with Crippen LogP contribution in [0.1, 0.15) is 17.0 Å². The fraction of sp³-hybridized carbons (Fsp3) is 0.238. The van der Waals surface area contributed by atoms with Crippen molar-refractivity contribution < 1.29 is 24.2 Å². The van der Waals surface area contributed by atoms with Crippen LogP contribution in [-0.2, 0) is 14.3 Å². The predicted molar refractivity (Wildman–Crippen MR) is 104 cm³/mol. The number of hydrogen-bond acceptors (Lipinski definition) is 5. The molecule has 0 atom stereocenters. The minimum atomic E-state index is -1.05. The maximum Gasteiger partial charge on any atom is 0.407 e. The second kappa shape index (κ2) is 9.05. The zero-order valence-electron chi connectivity index (χ0n) is 15.3. The van der Waals surface area contributed by atoms with Crippen LogP contribution in [0.2, 0.25) is 0 Å². The van der Waals surface area contributed by atoms with Crippen LogP contribution >= 0.6 is 0 Å². The molecule has 7 nitrogen and oxygen atoms in total. The Bertz CT molecular complexity index is 835. The Morgan fingerprint density at radius 3 is 2.21 bits per heavy atom. The summed E-state index contributed by atoms with van der Waals surface area (Å²) in [6, 6.07) is 16.3. The Balaban J connectivity index is 1.47. The molecule has 0 bridgehead atoms. The van der Waals surface area contributed by atoms with Crippen LogP contribution in [0.4, 0.5) is 4.79 Å². The average molecular weight is 382 g/mol. The van der Waals surface area contributed by atoms with Gasteiger partial charge in [-0.05, 0) is 22.3 Å². The summed E-state index contributed by atoms with van der Waals surface area (Å²) in [6.45, 7) is 3.71. The van der Waals surface area contributed by atoms with Crippen molar-refractivity contribution in [1.82, 2.24) is 10.6 Å². The molecule has 2 aromatic carbocycles. The highest BCUT2D eigenvalue weighted by atomic mass is 16.5. The largest absolute Gasteiger partial charge is 0.480 e. The second-order valence-corrected chi connectivity index (χ2v) is 6.35. The normalized spacial score (nSPS) is 12.0. The maximum atomic E-state index is 12.0. The van der Waals surface area contributed by atoms with Crippen molar-refractivity contribution in [1.29, 1.82) is 0 Å². The molecule has 146 valence electrons. The minimum absolute atomic E-state index is 0.00248. The van der Waals surface area contributed by atoms with E-state index in [1.165, 1.54) is 11.1 Å². The average Bonchev–Trinajstić information content (AvgIpc) is 3.02. The first-order chi connectivity index (χ1) is 13.6. The molecule has 0 aromatic heterocycles. The molecule has 0 fully saturated rings. The third kappa shape index (κ3) is 4.69. The van der Waals surface area contributed by atoms with Crippen molar-refractivity contribution >= 4 is 12.1 Å². The molecule has 0 heterocycles. The summed E-state index contributed by atoms with van der Waals surface area (Å²) in [4.78, 5) is 22.4. The van der Waals surface area contributed by atoms with Crippen LogP contribution < -0.4 is 10.6 Å². The van der Waals surface area contributed by atoms with Gasteiger partial charge < -0.3 is 25.2 Å². The first kappa shape index (κ1) is 19.4. The van der Waals surface area contributed by atoms with Crippen LogP contribution in [0, 0.1) is 0 Å². The van der Waals surface area contributed by atoms with Crippen LogP contribution in [0.15, 0.2) is 60.8 Å². The Kier molecular flexibility index (Phi) is 6.29. The number of fused-ring (bicyclic) bond motifs is 3. The summed E-state index contributed by atoms with van der Waals surface area (Å²) in [7, 11) is 0.